The minimum Gasteiger partial charge on any atom is -0.504 e. The largest absolute Gasteiger partial charge is 0.504 e. The first-order chi connectivity index (χ1) is 23.3. The number of aryl methyl sites for hydroxylation is 1. The van der Waals surface area contributed by atoms with E-state index in [1.165, 1.54) is 35.4 Å². The SMILES string of the molecule is Cc1nnc(C(=S)C2=C(C(=O)O)N3C(=O)C(NC(=O)C(NC(=O)c4c[nH]c5nc(N(C)C)ncc5c4=O)c4ccc(O)c(O)c4)[C@@H]3SC2)s1. The zero-order valence-corrected chi connectivity index (χ0v) is 28.1. The molecule has 252 valence electrons. The summed E-state index contributed by atoms with van der Waals surface area (Å²) in [4.78, 5) is 80.2. The van der Waals surface area contributed by atoms with Gasteiger partial charge in [0.05, 0.1) is 10.3 Å². The highest BCUT2D eigenvalue weighted by atomic mass is 32.2. The zero-order chi connectivity index (χ0) is 35.3. The van der Waals surface area contributed by atoms with Crippen molar-refractivity contribution in [1.29, 1.82) is 0 Å². The predicted molar refractivity (Wildman–Crippen MR) is 180 cm³/mol. The minimum atomic E-state index is -1.59. The van der Waals surface area contributed by atoms with Crippen LogP contribution >= 0.6 is 35.3 Å². The Morgan fingerprint density at radius 1 is 1.16 bits per heavy atom. The number of carboxylic acids is 1. The number of β-lactam (4-membered cyclic amide) rings is 1. The fraction of sp³-hybridized carbons (Fsp3) is 0.241. The molecule has 1 aromatic carbocycles. The lowest BCUT2D eigenvalue weighted by Crippen LogP contribution is -2.71. The van der Waals surface area contributed by atoms with E-state index in [2.05, 4.69) is 35.8 Å². The molecule has 20 heteroatoms. The normalized spacial score (nSPS) is 17.6. The van der Waals surface area contributed by atoms with Crippen molar-refractivity contribution in [2.75, 3.05) is 24.7 Å². The lowest BCUT2D eigenvalue weighted by molar-refractivity contribution is -0.150. The van der Waals surface area contributed by atoms with E-state index >= 15 is 0 Å². The van der Waals surface area contributed by atoms with Crippen LogP contribution in [0.1, 0.15) is 32.0 Å². The molecule has 6 rings (SSSR count). The number of rotatable bonds is 9. The molecule has 0 radical (unpaired) electrons. The number of carbonyl (C=O) groups is 4. The van der Waals surface area contributed by atoms with Crippen LogP contribution in [0.4, 0.5) is 5.95 Å². The Balaban J connectivity index is 1.27. The third kappa shape index (κ3) is 6.04. The number of aromatic amines is 1. The van der Waals surface area contributed by atoms with Crippen LogP contribution in [0.25, 0.3) is 11.0 Å². The van der Waals surface area contributed by atoms with E-state index in [4.69, 9.17) is 12.2 Å². The molecule has 5 heterocycles. The molecule has 4 aromatic rings. The number of carbonyl (C=O) groups excluding carboxylic acids is 3. The maximum atomic E-state index is 13.8. The van der Waals surface area contributed by atoms with Crippen molar-refractivity contribution in [3.05, 3.63) is 73.2 Å². The summed E-state index contributed by atoms with van der Waals surface area (Å²) in [5.41, 5.74) is -1.04. The van der Waals surface area contributed by atoms with Crippen molar-refractivity contribution in [1.82, 2.24) is 40.7 Å². The van der Waals surface area contributed by atoms with Crippen LogP contribution in [0.2, 0.25) is 0 Å². The van der Waals surface area contributed by atoms with Crippen molar-refractivity contribution in [2.45, 2.75) is 24.4 Å². The Hall–Kier alpha value is -5.47. The Bertz CT molecular complexity index is 2180. The van der Waals surface area contributed by atoms with Crippen molar-refractivity contribution in [3.63, 3.8) is 0 Å². The molecular formula is C29H25N9O8S3. The summed E-state index contributed by atoms with van der Waals surface area (Å²) in [5, 5.41) is 43.2. The van der Waals surface area contributed by atoms with E-state index in [1.807, 2.05) is 0 Å². The first-order valence-electron chi connectivity index (χ1n) is 14.2. The van der Waals surface area contributed by atoms with E-state index in [0.717, 1.165) is 23.2 Å². The number of benzene rings is 1. The van der Waals surface area contributed by atoms with Crippen LogP contribution in [0.15, 0.2) is 46.7 Å². The van der Waals surface area contributed by atoms with Gasteiger partial charge in [0.1, 0.15) is 39.4 Å². The molecule has 49 heavy (non-hydrogen) atoms. The first kappa shape index (κ1) is 33.4. The average Bonchev–Trinajstić information content (AvgIpc) is 3.52. The quantitative estimate of drug-likeness (QED) is 0.0599. The Morgan fingerprint density at radius 3 is 2.57 bits per heavy atom. The second-order valence-electron chi connectivity index (χ2n) is 11.0. The number of thioether (sulfide) groups is 1. The molecule has 6 N–H and O–H groups in total. The Labute approximate surface area is 289 Å². The van der Waals surface area contributed by atoms with Gasteiger partial charge in [0.2, 0.25) is 17.3 Å². The average molecular weight is 724 g/mol. The van der Waals surface area contributed by atoms with Crippen LogP contribution in [-0.4, -0.2) is 105 Å². The molecule has 1 saturated heterocycles. The van der Waals surface area contributed by atoms with Crippen LogP contribution in [-0.2, 0) is 14.4 Å². The molecule has 0 saturated carbocycles. The highest BCUT2D eigenvalue weighted by molar-refractivity contribution is 8.00. The van der Waals surface area contributed by atoms with Gasteiger partial charge < -0.3 is 35.8 Å². The van der Waals surface area contributed by atoms with Crippen LogP contribution in [0, 0.1) is 6.92 Å². The lowest BCUT2D eigenvalue weighted by Gasteiger charge is -2.49. The van der Waals surface area contributed by atoms with Crippen LogP contribution < -0.4 is 21.0 Å². The number of nitrogens with one attached hydrogen (secondary N) is 3. The van der Waals surface area contributed by atoms with E-state index in [-0.39, 0.29) is 44.0 Å². The van der Waals surface area contributed by atoms with Gasteiger partial charge in [-0.15, -0.1) is 22.0 Å². The van der Waals surface area contributed by atoms with Gasteiger partial charge in [-0.05, 0) is 24.6 Å². The fourth-order valence-electron chi connectivity index (χ4n) is 5.16. The number of anilines is 1. The molecule has 3 aromatic heterocycles. The molecule has 1 fully saturated rings. The molecule has 0 bridgehead atoms. The second-order valence-corrected chi connectivity index (χ2v) is 13.7. The van der Waals surface area contributed by atoms with Crippen molar-refractivity contribution in [2.24, 2.45) is 0 Å². The second kappa shape index (κ2) is 12.9. The van der Waals surface area contributed by atoms with E-state index < -0.39 is 58.1 Å². The molecule has 2 unspecified atom stereocenters. The number of fused-ring (bicyclic) bond motifs is 2. The fourth-order valence-corrected chi connectivity index (χ4v) is 7.60. The van der Waals surface area contributed by atoms with E-state index in [1.54, 1.807) is 25.9 Å². The number of carboxylic acid groups (broad SMARTS) is 1. The zero-order valence-electron chi connectivity index (χ0n) is 25.6. The van der Waals surface area contributed by atoms with Gasteiger partial charge in [0, 0.05) is 37.8 Å². The lowest BCUT2D eigenvalue weighted by atomic mass is 9.99. The third-order valence-corrected chi connectivity index (χ3v) is 10.3. The number of amides is 3. The highest BCUT2D eigenvalue weighted by Crippen LogP contribution is 2.42. The van der Waals surface area contributed by atoms with Gasteiger partial charge >= 0.3 is 5.97 Å². The molecule has 3 amide bonds. The molecule has 0 aliphatic carbocycles. The van der Waals surface area contributed by atoms with Gasteiger partial charge in [-0.3, -0.25) is 24.1 Å². The number of aliphatic carboxylic acids is 1. The number of H-pyrrole nitrogens is 1. The summed E-state index contributed by atoms with van der Waals surface area (Å²) >= 11 is 7.85. The number of aromatic hydroxyl groups is 2. The summed E-state index contributed by atoms with van der Waals surface area (Å²) in [7, 11) is 3.43. The standard InChI is InChI=1S/C29H25N9O8S3/c1-10-35-36-25(49-10)21(47)14-9-48-27-18(26(44)38(27)19(14)28(45)46)33-24(43)17(11-4-5-15(39)16(40)6-11)32-23(42)13-8-30-22-12(20(13)41)7-31-29(34-22)37(2)3/h4-8,17-18,27,39-40H,9H2,1-3H3,(H,32,42)(H,33,43)(H,45,46)(H,30,31,34,41)/t17?,18?,27-/m0/s1. The maximum Gasteiger partial charge on any atom is 0.353 e. The number of hydrogen-bond donors (Lipinski definition) is 6. The first-order valence-corrected chi connectivity index (χ1v) is 16.5. The van der Waals surface area contributed by atoms with Crippen molar-refractivity contribution in [3.8, 4) is 11.5 Å². The van der Waals surface area contributed by atoms with E-state index in [9.17, 15) is 39.3 Å². The van der Waals surface area contributed by atoms with Crippen molar-refractivity contribution < 1.29 is 34.5 Å². The molecular weight excluding hydrogens is 699 g/mol. The summed E-state index contributed by atoms with van der Waals surface area (Å²) in [6.07, 6.45) is 2.39. The molecule has 17 nitrogen and oxygen atoms in total. The van der Waals surface area contributed by atoms with Crippen LogP contribution in [0.3, 0.4) is 0 Å². The number of nitrogens with zero attached hydrogens (tertiary/aromatic N) is 6. The number of phenolic OH excluding ortho intramolecular Hbond substituents is 2. The van der Waals surface area contributed by atoms with Crippen molar-refractivity contribution >= 4 is 80.9 Å². The molecule has 0 spiro atoms. The molecule has 2 aliphatic rings. The third-order valence-electron chi connectivity index (χ3n) is 7.60. The smallest absolute Gasteiger partial charge is 0.353 e. The number of phenols is 2. The minimum absolute atomic E-state index is 0.00311. The highest BCUT2D eigenvalue weighted by Gasteiger charge is 2.55. The van der Waals surface area contributed by atoms with Crippen LogP contribution in [0.5, 0.6) is 11.5 Å². The Kier molecular flexibility index (Phi) is 8.77. The van der Waals surface area contributed by atoms with Gasteiger partial charge in [0.25, 0.3) is 11.8 Å². The predicted octanol–water partition coefficient (Wildman–Crippen LogP) is 0.583. The maximum absolute atomic E-state index is 13.8. The number of thiocarbonyl (C=S) groups is 1. The molecule has 3 atom stereocenters. The Morgan fingerprint density at radius 2 is 1.92 bits per heavy atom. The van der Waals surface area contributed by atoms with E-state index in [0.29, 0.717) is 16.0 Å². The summed E-state index contributed by atoms with van der Waals surface area (Å²) < 4.78 is 0. The summed E-state index contributed by atoms with van der Waals surface area (Å²) in [6, 6.07) is 0.608. The number of pyridine rings is 1. The van der Waals surface area contributed by atoms with Gasteiger partial charge in [-0.1, -0.05) is 29.6 Å². The van der Waals surface area contributed by atoms with Gasteiger partial charge in [-0.2, -0.15) is 4.98 Å². The number of hydrogen-bond acceptors (Lipinski definition) is 15. The van der Waals surface area contributed by atoms with Gasteiger partial charge in [-0.25, -0.2) is 9.78 Å². The topological polar surface area (TPSA) is 244 Å². The number of aromatic nitrogens is 5. The molecule has 2 aliphatic heterocycles. The summed E-state index contributed by atoms with van der Waals surface area (Å²) in [6.45, 7) is 1.72. The van der Waals surface area contributed by atoms with Gasteiger partial charge in [0.15, 0.2) is 16.5 Å². The monoisotopic (exact) mass is 723 g/mol. The summed E-state index contributed by atoms with van der Waals surface area (Å²) in [5.74, 6) is -4.71.